The van der Waals surface area contributed by atoms with Crippen molar-refractivity contribution in [3.8, 4) is 12.3 Å². The number of fused-ring (bicyclic) bond motifs is 1. The Balaban J connectivity index is 1.96. The van der Waals surface area contributed by atoms with E-state index in [1.54, 1.807) is 0 Å². The van der Waals surface area contributed by atoms with Crippen molar-refractivity contribution in [2.75, 3.05) is 22.5 Å². The topological polar surface area (TPSA) is 149 Å². The van der Waals surface area contributed by atoms with Gasteiger partial charge < -0.3 is 16.8 Å². The summed E-state index contributed by atoms with van der Waals surface area (Å²) < 4.78 is 0. The zero-order valence-electron chi connectivity index (χ0n) is 16.1. The molecular formula is C20H22N8S. The SMILES string of the molecule is CCCCCSc1ccc(C2N=C(NC#N)Nc3nc(N)c(C#N)c(N)c32)cc1. The predicted molar refractivity (Wildman–Crippen MR) is 116 cm³/mol. The Kier molecular flexibility index (Phi) is 6.43. The van der Waals surface area contributed by atoms with Crippen LogP contribution in [0.2, 0.25) is 0 Å². The van der Waals surface area contributed by atoms with E-state index in [1.165, 1.54) is 24.2 Å². The van der Waals surface area contributed by atoms with Crippen molar-refractivity contribution in [1.82, 2.24) is 10.3 Å². The monoisotopic (exact) mass is 406 g/mol. The molecule has 1 aliphatic heterocycles. The second kappa shape index (κ2) is 9.18. The molecule has 0 radical (unpaired) electrons. The number of benzene rings is 1. The van der Waals surface area contributed by atoms with Crippen LogP contribution in [0.4, 0.5) is 17.3 Å². The van der Waals surface area contributed by atoms with Crippen molar-refractivity contribution in [2.45, 2.75) is 37.1 Å². The van der Waals surface area contributed by atoms with Crippen molar-refractivity contribution in [1.29, 1.82) is 10.5 Å². The minimum Gasteiger partial charge on any atom is -0.397 e. The fourth-order valence-corrected chi connectivity index (χ4v) is 4.02. The average Bonchev–Trinajstić information content (AvgIpc) is 2.71. The van der Waals surface area contributed by atoms with Crippen molar-refractivity contribution < 1.29 is 0 Å². The molecule has 1 aromatic carbocycles. The molecule has 2 heterocycles. The van der Waals surface area contributed by atoms with Gasteiger partial charge >= 0.3 is 0 Å². The van der Waals surface area contributed by atoms with Crippen molar-refractivity contribution in [3.63, 3.8) is 0 Å². The number of nitrogens with zero attached hydrogens (tertiary/aromatic N) is 4. The molecule has 6 N–H and O–H groups in total. The van der Waals surface area contributed by atoms with E-state index < -0.39 is 6.04 Å². The first kappa shape index (κ1) is 20.3. The van der Waals surface area contributed by atoms with Crippen LogP contribution in [0, 0.1) is 22.8 Å². The largest absolute Gasteiger partial charge is 0.397 e. The molecule has 2 aromatic rings. The Bertz CT molecular complexity index is 1000. The van der Waals surface area contributed by atoms with Gasteiger partial charge in [0.2, 0.25) is 5.96 Å². The Hall–Kier alpha value is -3.43. The minimum absolute atomic E-state index is 0.0343. The first-order valence-electron chi connectivity index (χ1n) is 9.30. The number of nitrogen functional groups attached to an aromatic ring is 2. The molecule has 148 valence electrons. The van der Waals surface area contributed by atoms with Crippen LogP contribution in [0.5, 0.6) is 0 Å². The lowest BCUT2D eigenvalue weighted by molar-refractivity contribution is 0.778. The minimum atomic E-state index is -0.513. The van der Waals surface area contributed by atoms with Gasteiger partial charge in [-0.3, -0.25) is 5.32 Å². The van der Waals surface area contributed by atoms with E-state index in [0.717, 1.165) is 11.3 Å². The molecule has 8 nitrogen and oxygen atoms in total. The summed E-state index contributed by atoms with van der Waals surface area (Å²) in [6.45, 7) is 2.19. The summed E-state index contributed by atoms with van der Waals surface area (Å²) in [4.78, 5) is 10.00. The molecule has 3 rings (SSSR count). The van der Waals surface area contributed by atoms with Gasteiger partial charge in [-0.15, -0.1) is 11.8 Å². The smallest absolute Gasteiger partial charge is 0.211 e. The highest BCUT2D eigenvalue weighted by molar-refractivity contribution is 7.99. The van der Waals surface area contributed by atoms with Crippen molar-refractivity contribution in [3.05, 3.63) is 41.0 Å². The summed E-state index contributed by atoms with van der Waals surface area (Å²) in [5, 5.41) is 23.8. The molecule has 1 aliphatic rings. The number of hydrogen-bond donors (Lipinski definition) is 4. The van der Waals surface area contributed by atoms with Crippen LogP contribution in [-0.4, -0.2) is 16.7 Å². The van der Waals surface area contributed by atoms with E-state index in [4.69, 9.17) is 16.7 Å². The summed E-state index contributed by atoms with van der Waals surface area (Å²) in [7, 11) is 0. The van der Waals surface area contributed by atoms with Gasteiger partial charge in [0.1, 0.15) is 29.3 Å². The first-order valence-corrected chi connectivity index (χ1v) is 10.3. The Morgan fingerprint density at radius 3 is 2.62 bits per heavy atom. The Labute approximate surface area is 174 Å². The predicted octanol–water partition coefficient (Wildman–Crippen LogP) is 3.34. The molecule has 0 amide bonds. The first-order chi connectivity index (χ1) is 14.1. The van der Waals surface area contributed by atoms with Crippen LogP contribution in [-0.2, 0) is 0 Å². The number of unbranched alkanes of at least 4 members (excludes halogenated alkanes) is 2. The van der Waals surface area contributed by atoms with Crippen molar-refractivity contribution >= 4 is 35.0 Å². The van der Waals surface area contributed by atoms with Gasteiger partial charge in [-0.25, -0.2) is 9.98 Å². The molecule has 9 heteroatoms. The molecule has 1 aromatic heterocycles. The van der Waals surface area contributed by atoms with E-state index in [0.29, 0.717) is 11.4 Å². The van der Waals surface area contributed by atoms with Gasteiger partial charge in [0.25, 0.3) is 0 Å². The number of hydrogen-bond acceptors (Lipinski definition) is 9. The van der Waals surface area contributed by atoms with Crippen LogP contribution >= 0.6 is 11.8 Å². The van der Waals surface area contributed by atoms with Crippen LogP contribution in [0.15, 0.2) is 34.2 Å². The quantitative estimate of drug-likeness (QED) is 0.247. The molecule has 0 saturated heterocycles. The van der Waals surface area contributed by atoms with Crippen LogP contribution in [0.25, 0.3) is 0 Å². The number of nitrogens with one attached hydrogen (secondary N) is 2. The number of rotatable bonds is 6. The number of guanidine groups is 1. The number of thioether (sulfide) groups is 1. The van der Waals surface area contributed by atoms with E-state index in [9.17, 15) is 5.26 Å². The van der Waals surface area contributed by atoms with Gasteiger partial charge in [0.05, 0.1) is 5.69 Å². The molecule has 1 unspecified atom stereocenters. The normalized spacial score (nSPS) is 14.7. The maximum Gasteiger partial charge on any atom is 0.211 e. The summed E-state index contributed by atoms with van der Waals surface area (Å²) in [6, 6.07) is 9.56. The Morgan fingerprint density at radius 1 is 1.21 bits per heavy atom. The van der Waals surface area contributed by atoms with Gasteiger partial charge in [0.15, 0.2) is 6.19 Å². The molecule has 0 saturated carbocycles. The summed E-state index contributed by atoms with van der Waals surface area (Å²) in [5.41, 5.74) is 13.9. The summed E-state index contributed by atoms with van der Waals surface area (Å²) in [6.07, 6.45) is 5.48. The molecule has 0 fully saturated rings. The lowest BCUT2D eigenvalue weighted by Gasteiger charge is -2.26. The number of nitrogens with two attached hydrogens (primary N) is 2. The molecule has 29 heavy (non-hydrogen) atoms. The zero-order valence-corrected chi connectivity index (χ0v) is 16.9. The molecule has 0 aliphatic carbocycles. The maximum absolute atomic E-state index is 9.39. The summed E-state index contributed by atoms with van der Waals surface area (Å²) in [5.74, 6) is 1.75. The Morgan fingerprint density at radius 2 is 1.97 bits per heavy atom. The zero-order chi connectivity index (χ0) is 20.8. The average molecular weight is 407 g/mol. The van der Waals surface area contributed by atoms with Crippen LogP contribution < -0.4 is 22.1 Å². The van der Waals surface area contributed by atoms with E-state index >= 15 is 0 Å². The van der Waals surface area contributed by atoms with Gasteiger partial charge in [-0.2, -0.15) is 10.5 Å². The van der Waals surface area contributed by atoms with Gasteiger partial charge in [-0.1, -0.05) is 31.9 Å². The number of anilines is 3. The van der Waals surface area contributed by atoms with E-state index in [1.807, 2.05) is 48.3 Å². The lowest BCUT2D eigenvalue weighted by atomic mass is 9.95. The van der Waals surface area contributed by atoms with E-state index in [-0.39, 0.29) is 23.0 Å². The highest BCUT2D eigenvalue weighted by atomic mass is 32.2. The lowest BCUT2D eigenvalue weighted by Crippen LogP contribution is -2.32. The number of nitriles is 2. The maximum atomic E-state index is 9.39. The molecule has 0 spiro atoms. The van der Waals surface area contributed by atoms with E-state index in [2.05, 4.69) is 27.5 Å². The van der Waals surface area contributed by atoms with Crippen molar-refractivity contribution in [2.24, 2.45) is 4.99 Å². The fourth-order valence-electron chi connectivity index (χ4n) is 3.11. The highest BCUT2D eigenvalue weighted by Crippen LogP contribution is 2.40. The number of pyridine rings is 1. The molecular weight excluding hydrogens is 384 g/mol. The third-order valence-corrected chi connectivity index (χ3v) is 5.67. The second-order valence-corrected chi connectivity index (χ2v) is 7.69. The highest BCUT2D eigenvalue weighted by Gasteiger charge is 2.29. The third-order valence-electron chi connectivity index (χ3n) is 4.57. The van der Waals surface area contributed by atoms with Crippen LogP contribution in [0.3, 0.4) is 0 Å². The summed E-state index contributed by atoms with van der Waals surface area (Å²) >= 11 is 1.82. The third kappa shape index (κ3) is 4.36. The number of aromatic nitrogens is 1. The van der Waals surface area contributed by atoms with Gasteiger partial charge in [-0.05, 0) is 29.9 Å². The molecule has 1 atom stereocenters. The standard InChI is InChI=1S/C20H22N8S/c1-2-3-4-9-29-13-7-5-12(6-8-13)17-15-16(23)14(10-21)18(24)27-19(15)28-20(26-17)25-11-22/h5-8,17H,2-4,9H2,1H3,(H6,23,24,25,26,27,28). The number of aliphatic imine (C=N–C) groups is 1. The second-order valence-electron chi connectivity index (χ2n) is 6.53. The van der Waals surface area contributed by atoms with Gasteiger partial charge in [0, 0.05) is 10.5 Å². The van der Waals surface area contributed by atoms with Crippen LogP contribution in [0.1, 0.15) is 48.9 Å². The molecule has 0 bridgehead atoms. The fraction of sp³-hybridized carbons (Fsp3) is 0.300.